The Bertz CT molecular complexity index is 617. The molecule has 0 aliphatic rings. The summed E-state index contributed by atoms with van der Waals surface area (Å²) in [7, 11) is 1.76. The highest BCUT2D eigenvalue weighted by Crippen LogP contribution is 2.16. The molecule has 9 heteroatoms. The van der Waals surface area contributed by atoms with Crippen LogP contribution < -0.4 is 10.6 Å². The van der Waals surface area contributed by atoms with Crippen molar-refractivity contribution in [3.8, 4) is 0 Å². The minimum atomic E-state index is -0.543. The highest BCUT2D eigenvalue weighted by molar-refractivity contribution is 7.03. The Morgan fingerprint density at radius 1 is 1.41 bits per heavy atom. The number of aromatic nitrogens is 4. The molecule has 0 saturated carbocycles. The van der Waals surface area contributed by atoms with Gasteiger partial charge in [0, 0.05) is 31.1 Å². The molecule has 0 fully saturated rings. The van der Waals surface area contributed by atoms with Gasteiger partial charge in [-0.15, -0.1) is 5.10 Å². The van der Waals surface area contributed by atoms with E-state index in [1.165, 1.54) is 11.5 Å². The Labute approximate surface area is 133 Å². The van der Waals surface area contributed by atoms with Crippen molar-refractivity contribution in [1.29, 1.82) is 0 Å². The van der Waals surface area contributed by atoms with E-state index in [1.807, 2.05) is 26.2 Å². The zero-order valence-electron chi connectivity index (χ0n) is 13.1. The first-order valence-corrected chi connectivity index (χ1v) is 7.66. The maximum absolute atomic E-state index is 11.9. The summed E-state index contributed by atoms with van der Waals surface area (Å²) in [6.45, 7) is 6.62. The molecule has 2 N–H and O–H groups in total. The maximum Gasteiger partial charge on any atom is 0.413 e. The molecule has 2 aromatic rings. The van der Waals surface area contributed by atoms with Crippen LogP contribution in [0.2, 0.25) is 0 Å². The summed E-state index contributed by atoms with van der Waals surface area (Å²) >= 11 is 1.32. The molecule has 2 heterocycles. The van der Waals surface area contributed by atoms with Crippen molar-refractivity contribution in [2.45, 2.75) is 39.5 Å². The van der Waals surface area contributed by atoms with Gasteiger partial charge >= 0.3 is 6.09 Å². The summed E-state index contributed by atoms with van der Waals surface area (Å²) in [6, 6.07) is 0. The average Bonchev–Trinajstić information content (AvgIpc) is 3.01. The summed E-state index contributed by atoms with van der Waals surface area (Å²) in [5, 5.41) is 16.0. The summed E-state index contributed by atoms with van der Waals surface area (Å²) in [5.41, 5.74) is 1.21. The SMILES string of the molecule is Cn1ncc(CNCc2csnn2)c1NC(=O)OC(C)(C)C. The molecular weight excluding hydrogens is 304 g/mol. The van der Waals surface area contributed by atoms with E-state index in [0.717, 1.165) is 11.3 Å². The van der Waals surface area contributed by atoms with Gasteiger partial charge in [0.25, 0.3) is 0 Å². The van der Waals surface area contributed by atoms with E-state index >= 15 is 0 Å². The van der Waals surface area contributed by atoms with E-state index < -0.39 is 11.7 Å². The van der Waals surface area contributed by atoms with Crippen LogP contribution in [0.3, 0.4) is 0 Å². The second-order valence-corrected chi connectivity index (χ2v) is 6.38. The number of hydrogen-bond acceptors (Lipinski definition) is 7. The number of carbonyl (C=O) groups is 1. The molecule has 0 bridgehead atoms. The molecule has 0 radical (unpaired) electrons. The molecular formula is C13H20N6O2S. The molecule has 0 spiro atoms. The van der Waals surface area contributed by atoms with E-state index in [9.17, 15) is 4.79 Å². The first-order valence-electron chi connectivity index (χ1n) is 6.82. The Morgan fingerprint density at radius 2 is 2.18 bits per heavy atom. The van der Waals surface area contributed by atoms with Crippen molar-refractivity contribution in [2.24, 2.45) is 7.05 Å². The first kappa shape index (κ1) is 16.4. The fourth-order valence-corrected chi connectivity index (χ4v) is 2.21. The number of aryl methyl sites for hydroxylation is 1. The van der Waals surface area contributed by atoms with Crippen LogP contribution in [0.5, 0.6) is 0 Å². The van der Waals surface area contributed by atoms with Crippen molar-refractivity contribution < 1.29 is 9.53 Å². The fourth-order valence-electron chi connectivity index (χ4n) is 1.76. The van der Waals surface area contributed by atoms with Crippen LogP contribution in [0.25, 0.3) is 0 Å². The molecule has 0 aromatic carbocycles. The van der Waals surface area contributed by atoms with Gasteiger partial charge in [-0.3, -0.25) is 10.00 Å². The van der Waals surface area contributed by atoms with Gasteiger partial charge in [-0.05, 0) is 32.3 Å². The van der Waals surface area contributed by atoms with E-state index in [-0.39, 0.29) is 0 Å². The van der Waals surface area contributed by atoms with E-state index in [0.29, 0.717) is 18.9 Å². The normalized spacial score (nSPS) is 11.5. The van der Waals surface area contributed by atoms with Gasteiger partial charge in [-0.25, -0.2) is 4.79 Å². The molecule has 0 aliphatic heterocycles. The van der Waals surface area contributed by atoms with E-state index in [4.69, 9.17) is 4.74 Å². The van der Waals surface area contributed by atoms with Gasteiger partial charge in [0.15, 0.2) is 0 Å². The van der Waals surface area contributed by atoms with Crippen LogP contribution in [0.15, 0.2) is 11.6 Å². The van der Waals surface area contributed by atoms with Crippen LogP contribution in [-0.2, 0) is 24.9 Å². The molecule has 2 rings (SSSR count). The number of ether oxygens (including phenoxy) is 1. The monoisotopic (exact) mass is 324 g/mol. The molecule has 1 amide bonds. The third-order valence-corrected chi connectivity index (χ3v) is 3.21. The minimum Gasteiger partial charge on any atom is -0.444 e. The Balaban J connectivity index is 1.94. The molecule has 120 valence electrons. The quantitative estimate of drug-likeness (QED) is 0.872. The lowest BCUT2D eigenvalue weighted by Gasteiger charge is -2.20. The van der Waals surface area contributed by atoms with E-state index in [1.54, 1.807) is 17.9 Å². The van der Waals surface area contributed by atoms with Crippen molar-refractivity contribution in [3.63, 3.8) is 0 Å². The third-order valence-electron chi connectivity index (χ3n) is 2.66. The van der Waals surface area contributed by atoms with Crippen LogP contribution >= 0.6 is 11.5 Å². The fraction of sp³-hybridized carbons (Fsp3) is 0.538. The summed E-state index contributed by atoms with van der Waals surface area (Å²) < 4.78 is 10.7. The minimum absolute atomic E-state index is 0.499. The summed E-state index contributed by atoms with van der Waals surface area (Å²) in [6.07, 6.45) is 1.21. The highest BCUT2D eigenvalue weighted by Gasteiger charge is 2.18. The molecule has 0 unspecified atom stereocenters. The predicted molar refractivity (Wildman–Crippen MR) is 83.5 cm³/mol. The third kappa shape index (κ3) is 4.78. The van der Waals surface area contributed by atoms with Crippen molar-refractivity contribution in [2.75, 3.05) is 5.32 Å². The lowest BCUT2D eigenvalue weighted by molar-refractivity contribution is 0.0634. The predicted octanol–water partition coefficient (Wildman–Crippen LogP) is 1.91. The lowest BCUT2D eigenvalue weighted by Crippen LogP contribution is -2.28. The Kier molecular flexibility index (Phi) is 5.09. The van der Waals surface area contributed by atoms with Crippen molar-refractivity contribution in [3.05, 3.63) is 22.8 Å². The van der Waals surface area contributed by atoms with Gasteiger partial charge in [0.05, 0.1) is 11.9 Å². The topological polar surface area (TPSA) is 94.0 Å². The molecule has 2 aromatic heterocycles. The largest absolute Gasteiger partial charge is 0.444 e. The molecule has 0 aliphatic carbocycles. The smallest absolute Gasteiger partial charge is 0.413 e. The number of anilines is 1. The Morgan fingerprint density at radius 3 is 2.82 bits per heavy atom. The zero-order chi connectivity index (χ0) is 16.2. The summed E-state index contributed by atoms with van der Waals surface area (Å²) in [5.74, 6) is 0.609. The number of hydrogen-bond donors (Lipinski definition) is 2. The van der Waals surface area contributed by atoms with Crippen LogP contribution in [0.4, 0.5) is 10.6 Å². The number of rotatable bonds is 5. The molecule has 8 nitrogen and oxygen atoms in total. The van der Waals surface area contributed by atoms with Gasteiger partial charge in [-0.2, -0.15) is 5.10 Å². The highest BCUT2D eigenvalue weighted by atomic mass is 32.1. The first-order chi connectivity index (χ1) is 10.3. The van der Waals surface area contributed by atoms with Crippen LogP contribution in [0.1, 0.15) is 32.0 Å². The van der Waals surface area contributed by atoms with Crippen molar-refractivity contribution in [1.82, 2.24) is 24.7 Å². The van der Waals surface area contributed by atoms with Gasteiger partial charge in [-0.1, -0.05) is 4.49 Å². The lowest BCUT2D eigenvalue weighted by atomic mass is 10.2. The number of amides is 1. The van der Waals surface area contributed by atoms with E-state index in [2.05, 4.69) is 25.3 Å². The number of nitrogens with zero attached hydrogens (tertiary/aromatic N) is 4. The summed E-state index contributed by atoms with van der Waals surface area (Å²) in [4.78, 5) is 11.9. The van der Waals surface area contributed by atoms with Crippen LogP contribution in [-0.4, -0.2) is 31.1 Å². The number of carbonyl (C=O) groups excluding carboxylic acids is 1. The zero-order valence-corrected chi connectivity index (χ0v) is 13.9. The van der Waals surface area contributed by atoms with Gasteiger partial charge < -0.3 is 10.1 Å². The molecule has 0 atom stereocenters. The van der Waals surface area contributed by atoms with Gasteiger partial charge in [0.2, 0.25) is 0 Å². The Hall–Kier alpha value is -2.00. The average molecular weight is 324 g/mol. The van der Waals surface area contributed by atoms with Crippen LogP contribution in [0, 0.1) is 0 Å². The molecule has 0 saturated heterocycles. The second kappa shape index (κ2) is 6.84. The number of nitrogens with one attached hydrogen (secondary N) is 2. The second-order valence-electron chi connectivity index (χ2n) is 5.77. The van der Waals surface area contributed by atoms with Crippen molar-refractivity contribution >= 4 is 23.4 Å². The maximum atomic E-state index is 11.9. The standard InChI is InChI=1S/C13H20N6O2S/c1-13(2,3)21-12(20)16-11-9(6-15-19(11)4)5-14-7-10-8-22-18-17-10/h6,8,14H,5,7H2,1-4H3,(H,16,20). The molecule has 22 heavy (non-hydrogen) atoms. The van der Waals surface area contributed by atoms with Gasteiger partial charge in [0.1, 0.15) is 11.4 Å².